The minimum absolute atomic E-state index is 0.602. The molecule has 2 aromatic carbocycles. The highest BCUT2D eigenvalue weighted by Crippen LogP contribution is 2.25. The lowest BCUT2D eigenvalue weighted by atomic mass is 10.1. The number of ether oxygens (including phenoxy) is 1. The zero-order chi connectivity index (χ0) is 13.5. The topological polar surface area (TPSA) is 45.0 Å². The van der Waals surface area contributed by atoms with Crippen molar-refractivity contribution in [2.24, 2.45) is 0 Å². The van der Waals surface area contributed by atoms with Crippen molar-refractivity contribution in [1.29, 1.82) is 5.26 Å². The number of rotatable bonds is 5. The Labute approximate surface area is 113 Å². The Morgan fingerprint density at radius 3 is 2.63 bits per heavy atom. The molecule has 2 aromatic rings. The highest BCUT2D eigenvalue weighted by Gasteiger charge is 2.03. The molecule has 0 unspecified atom stereocenters. The molecule has 0 fully saturated rings. The van der Waals surface area contributed by atoms with E-state index in [1.807, 2.05) is 24.3 Å². The van der Waals surface area contributed by atoms with Gasteiger partial charge in [-0.2, -0.15) is 5.26 Å². The first-order valence-corrected chi connectivity index (χ1v) is 6.19. The van der Waals surface area contributed by atoms with Crippen molar-refractivity contribution in [3.8, 4) is 11.8 Å². The van der Waals surface area contributed by atoms with Crippen LogP contribution in [0.5, 0.6) is 5.75 Å². The number of nitriles is 1. The van der Waals surface area contributed by atoms with Gasteiger partial charge >= 0.3 is 0 Å². The van der Waals surface area contributed by atoms with Crippen LogP contribution in [0.1, 0.15) is 11.1 Å². The van der Waals surface area contributed by atoms with E-state index in [0.717, 1.165) is 18.7 Å². The van der Waals surface area contributed by atoms with Gasteiger partial charge in [0.1, 0.15) is 5.75 Å². The summed E-state index contributed by atoms with van der Waals surface area (Å²) in [5.41, 5.74) is 2.81. The zero-order valence-corrected chi connectivity index (χ0v) is 10.9. The van der Waals surface area contributed by atoms with E-state index in [-0.39, 0.29) is 0 Å². The summed E-state index contributed by atoms with van der Waals surface area (Å²) in [6.07, 6.45) is 0.948. The standard InChI is InChI=1S/C16H16N2O/c1-19-16-11-14(12-17)7-8-15(16)18-10-9-13-5-3-2-4-6-13/h2-8,11,18H,9-10H2,1H3. The fourth-order valence-corrected chi connectivity index (χ4v) is 1.89. The monoisotopic (exact) mass is 252 g/mol. The highest BCUT2D eigenvalue weighted by molar-refractivity contribution is 5.59. The van der Waals surface area contributed by atoms with Gasteiger partial charge in [-0.05, 0) is 24.1 Å². The maximum absolute atomic E-state index is 8.85. The first-order chi connectivity index (χ1) is 9.33. The first kappa shape index (κ1) is 13.0. The molecule has 3 nitrogen and oxygen atoms in total. The van der Waals surface area contributed by atoms with Gasteiger partial charge < -0.3 is 10.1 Å². The van der Waals surface area contributed by atoms with Gasteiger partial charge in [-0.25, -0.2) is 0 Å². The van der Waals surface area contributed by atoms with E-state index in [0.29, 0.717) is 11.3 Å². The maximum Gasteiger partial charge on any atom is 0.143 e. The molecule has 96 valence electrons. The van der Waals surface area contributed by atoms with Crippen LogP contribution in [0, 0.1) is 11.3 Å². The summed E-state index contributed by atoms with van der Waals surface area (Å²) >= 11 is 0. The van der Waals surface area contributed by atoms with Crippen LogP contribution >= 0.6 is 0 Å². The van der Waals surface area contributed by atoms with Crippen LogP contribution in [-0.2, 0) is 6.42 Å². The number of hydrogen-bond acceptors (Lipinski definition) is 3. The molecular weight excluding hydrogens is 236 g/mol. The highest BCUT2D eigenvalue weighted by atomic mass is 16.5. The molecule has 0 aromatic heterocycles. The van der Waals surface area contributed by atoms with Crippen molar-refractivity contribution in [2.75, 3.05) is 19.0 Å². The van der Waals surface area contributed by atoms with Crippen LogP contribution in [0.3, 0.4) is 0 Å². The molecule has 0 aliphatic heterocycles. The Bertz CT molecular complexity index is 573. The summed E-state index contributed by atoms with van der Waals surface area (Å²) in [6.45, 7) is 0.826. The first-order valence-electron chi connectivity index (χ1n) is 6.19. The van der Waals surface area contributed by atoms with Gasteiger partial charge in [-0.3, -0.25) is 0 Å². The van der Waals surface area contributed by atoms with E-state index < -0.39 is 0 Å². The molecule has 2 rings (SSSR count). The molecule has 0 radical (unpaired) electrons. The summed E-state index contributed by atoms with van der Waals surface area (Å²) in [5, 5.41) is 12.2. The van der Waals surface area contributed by atoms with Gasteiger partial charge in [0, 0.05) is 12.6 Å². The summed E-state index contributed by atoms with van der Waals surface area (Å²) in [7, 11) is 1.61. The normalized spacial score (nSPS) is 9.68. The average Bonchev–Trinajstić information content (AvgIpc) is 2.48. The van der Waals surface area contributed by atoms with Gasteiger partial charge in [-0.1, -0.05) is 30.3 Å². The molecule has 0 saturated carbocycles. The van der Waals surface area contributed by atoms with Crippen LogP contribution in [0.15, 0.2) is 48.5 Å². The summed E-state index contributed by atoms with van der Waals surface area (Å²) < 4.78 is 5.28. The molecule has 0 aliphatic carbocycles. The van der Waals surface area contributed by atoms with Crippen LogP contribution in [0.2, 0.25) is 0 Å². The Morgan fingerprint density at radius 2 is 1.95 bits per heavy atom. The third-order valence-corrected chi connectivity index (χ3v) is 2.90. The summed E-state index contributed by atoms with van der Waals surface area (Å²) in [6, 6.07) is 17.8. The van der Waals surface area contributed by atoms with E-state index in [2.05, 4.69) is 23.5 Å². The Balaban J connectivity index is 1.98. The molecule has 1 N–H and O–H groups in total. The molecule has 0 bridgehead atoms. The molecule has 0 spiro atoms. The number of benzene rings is 2. The maximum atomic E-state index is 8.85. The smallest absolute Gasteiger partial charge is 0.143 e. The predicted octanol–water partition coefficient (Wildman–Crippen LogP) is 3.22. The second-order valence-electron chi connectivity index (χ2n) is 4.19. The van der Waals surface area contributed by atoms with E-state index in [1.165, 1.54) is 5.56 Å². The van der Waals surface area contributed by atoms with Gasteiger partial charge in [0.2, 0.25) is 0 Å². The van der Waals surface area contributed by atoms with Crippen molar-refractivity contribution >= 4 is 5.69 Å². The van der Waals surface area contributed by atoms with E-state index in [4.69, 9.17) is 10.00 Å². The van der Waals surface area contributed by atoms with E-state index in [9.17, 15) is 0 Å². The molecular formula is C16H16N2O. The third-order valence-electron chi connectivity index (χ3n) is 2.90. The molecule has 0 heterocycles. The fourth-order valence-electron chi connectivity index (χ4n) is 1.89. The quantitative estimate of drug-likeness (QED) is 0.888. The van der Waals surface area contributed by atoms with E-state index >= 15 is 0 Å². The third kappa shape index (κ3) is 3.49. The second kappa shape index (κ2) is 6.46. The zero-order valence-electron chi connectivity index (χ0n) is 10.9. The van der Waals surface area contributed by atoms with Crippen molar-refractivity contribution in [1.82, 2.24) is 0 Å². The van der Waals surface area contributed by atoms with Gasteiger partial charge in [0.25, 0.3) is 0 Å². The van der Waals surface area contributed by atoms with Crippen LogP contribution in [-0.4, -0.2) is 13.7 Å². The lowest BCUT2D eigenvalue weighted by molar-refractivity contribution is 0.416. The summed E-state index contributed by atoms with van der Waals surface area (Å²) in [5.74, 6) is 0.701. The number of nitrogens with zero attached hydrogens (tertiary/aromatic N) is 1. The van der Waals surface area contributed by atoms with Gasteiger partial charge in [0.05, 0.1) is 24.4 Å². The molecule has 0 amide bonds. The lowest BCUT2D eigenvalue weighted by Crippen LogP contribution is -2.06. The average molecular weight is 252 g/mol. The number of nitrogens with one attached hydrogen (secondary N) is 1. The lowest BCUT2D eigenvalue weighted by Gasteiger charge is -2.11. The summed E-state index contributed by atoms with van der Waals surface area (Å²) in [4.78, 5) is 0. The SMILES string of the molecule is COc1cc(C#N)ccc1NCCc1ccccc1. The number of anilines is 1. The van der Waals surface area contributed by atoms with Crippen LogP contribution in [0.25, 0.3) is 0 Å². The minimum Gasteiger partial charge on any atom is -0.495 e. The van der Waals surface area contributed by atoms with Gasteiger partial charge in [0.15, 0.2) is 0 Å². The van der Waals surface area contributed by atoms with Crippen molar-refractivity contribution in [3.63, 3.8) is 0 Å². The second-order valence-corrected chi connectivity index (χ2v) is 4.19. The number of hydrogen-bond donors (Lipinski definition) is 1. The molecule has 19 heavy (non-hydrogen) atoms. The molecule has 3 heteroatoms. The Kier molecular flexibility index (Phi) is 4.41. The van der Waals surface area contributed by atoms with Gasteiger partial charge in [-0.15, -0.1) is 0 Å². The molecule has 0 atom stereocenters. The molecule has 0 aliphatic rings. The Morgan fingerprint density at radius 1 is 1.16 bits per heavy atom. The van der Waals surface area contributed by atoms with Crippen LogP contribution < -0.4 is 10.1 Å². The number of methoxy groups -OCH3 is 1. The van der Waals surface area contributed by atoms with E-state index in [1.54, 1.807) is 19.2 Å². The van der Waals surface area contributed by atoms with Crippen molar-refractivity contribution < 1.29 is 4.74 Å². The van der Waals surface area contributed by atoms with Crippen molar-refractivity contribution in [2.45, 2.75) is 6.42 Å². The predicted molar refractivity (Wildman–Crippen MR) is 76.3 cm³/mol. The van der Waals surface area contributed by atoms with Crippen LogP contribution in [0.4, 0.5) is 5.69 Å². The fraction of sp³-hybridized carbons (Fsp3) is 0.188. The van der Waals surface area contributed by atoms with Crippen molar-refractivity contribution in [3.05, 3.63) is 59.7 Å². The largest absolute Gasteiger partial charge is 0.495 e. The Hall–Kier alpha value is -2.47. The molecule has 0 saturated heterocycles. The minimum atomic E-state index is 0.602.